The normalized spacial score (nSPS) is 14.0. The second-order valence-corrected chi connectivity index (χ2v) is 7.35. The number of anilines is 2. The molecule has 0 spiro atoms. The summed E-state index contributed by atoms with van der Waals surface area (Å²) in [5, 5.41) is 3.61. The highest BCUT2D eigenvalue weighted by atomic mass is 16.5. The lowest BCUT2D eigenvalue weighted by Crippen LogP contribution is -2.35. The molecule has 3 aromatic rings. The van der Waals surface area contributed by atoms with Crippen molar-refractivity contribution < 1.29 is 4.74 Å². The molecule has 1 aliphatic heterocycles. The van der Waals surface area contributed by atoms with Gasteiger partial charge in [0, 0.05) is 35.2 Å². The maximum absolute atomic E-state index is 6.31. The summed E-state index contributed by atoms with van der Waals surface area (Å²) in [5.74, 6) is 0.873. The van der Waals surface area contributed by atoms with E-state index in [1.165, 1.54) is 16.7 Å². The highest BCUT2D eigenvalue weighted by Crippen LogP contribution is 2.34. The number of hydrogen-bond acceptors (Lipinski definition) is 4. The summed E-state index contributed by atoms with van der Waals surface area (Å²) in [5.41, 5.74) is 13.5. The number of methoxy groups -OCH3 is 1. The molecule has 0 amide bonds. The van der Waals surface area contributed by atoms with E-state index in [0.717, 1.165) is 35.9 Å². The summed E-state index contributed by atoms with van der Waals surface area (Å²) < 4.78 is 5.25. The monoisotopic (exact) mass is 385 g/mol. The minimum Gasteiger partial charge on any atom is -0.497 e. The van der Waals surface area contributed by atoms with Crippen LogP contribution in [0, 0.1) is 0 Å². The van der Waals surface area contributed by atoms with Crippen molar-refractivity contribution in [1.82, 2.24) is 0 Å². The van der Waals surface area contributed by atoms with Crippen molar-refractivity contribution in [3.63, 3.8) is 0 Å². The fraction of sp³-hybridized carbons (Fsp3) is 0.200. The Kier molecular flexibility index (Phi) is 5.54. The zero-order chi connectivity index (χ0) is 20.2. The molecule has 3 N–H and O–H groups in total. The number of rotatable bonds is 6. The van der Waals surface area contributed by atoms with Gasteiger partial charge >= 0.3 is 0 Å². The van der Waals surface area contributed by atoms with E-state index in [-0.39, 0.29) is 6.04 Å². The van der Waals surface area contributed by atoms with Crippen molar-refractivity contribution in [1.29, 1.82) is 0 Å². The summed E-state index contributed by atoms with van der Waals surface area (Å²) in [6.07, 6.45) is 2.22. The molecule has 4 rings (SSSR count). The van der Waals surface area contributed by atoms with Crippen molar-refractivity contribution in [3.8, 4) is 5.75 Å². The standard InChI is InChI=1S/C25H27N3O/c1-18(26)25-15-20-7-6-10-24(27-16-19-11-13-22(29-2)14-12-19)23(20)17-28(25)21-8-4-3-5-9-21/h3-15,18,27H,16-17,26H2,1-2H3/t18-/m0/s1. The highest BCUT2D eigenvalue weighted by molar-refractivity contribution is 5.74. The maximum atomic E-state index is 6.31. The van der Waals surface area contributed by atoms with Crippen LogP contribution in [0.5, 0.6) is 5.75 Å². The topological polar surface area (TPSA) is 50.5 Å². The molecule has 0 radical (unpaired) electrons. The van der Waals surface area contributed by atoms with Gasteiger partial charge in [-0.25, -0.2) is 0 Å². The molecule has 1 aliphatic rings. The third kappa shape index (κ3) is 4.13. The number of nitrogens with one attached hydrogen (secondary N) is 1. The van der Waals surface area contributed by atoms with Crippen LogP contribution in [-0.2, 0) is 13.1 Å². The van der Waals surface area contributed by atoms with E-state index in [4.69, 9.17) is 10.5 Å². The number of benzene rings is 3. The fourth-order valence-electron chi connectivity index (χ4n) is 3.73. The molecule has 0 saturated heterocycles. The van der Waals surface area contributed by atoms with Gasteiger partial charge in [-0.15, -0.1) is 0 Å². The van der Waals surface area contributed by atoms with E-state index in [0.29, 0.717) is 0 Å². The number of nitrogens with two attached hydrogens (primary N) is 1. The van der Waals surface area contributed by atoms with Crippen LogP contribution in [0.15, 0.2) is 78.5 Å². The Hall–Kier alpha value is -3.24. The number of fused-ring (bicyclic) bond motifs is 1. The quantitative estimate of drug-likeness (QED) is 0.626. The van der Waals surface area contributed by atoms with Crippen LogP contribution < -0.4 is 20.7 Å². The fourth-order valence-corrected chi connectivity index (χ4v) is 3.73. The molecule has 29 heavy (non-hydrogen) atoms. The van der Waals surface area contributed by atoms with Crippen molar-refractivity contribution >= 4 is 17.5 Å². The van der Waals surface area contributed by atoms with Gasteiger partial charge < -0.3 is 20.7 Å². The Balaban J connectivity index is 1.62. The third-order valence-corrected chi connectivity index (χ3v) is 5.32. The summed E-state index contributed by atoms with van der Waals surface area (Å²) in [7, 11) is 1.69. The summed E-state index contributed by atoms with van der Waals surface area (Å²) in [6, 6.07) is 25.0. The molecular formula is C25H27N3O. The Morgan fingerprint density at radius 2 is 1.76 bits per heavy atom. The van der Waals surface area contributed by atoms with Gasteiger partial charge in [0.2, 0.25) is 0 Å². The smallest absolute Gasteiger partial charge is 0.118 e. The van der Waals surface area contributed by atoms with Gasteiger partial charge in [0.1, 0.15) is 5.75 Å². The van der Waals surface area contributed by atoms with E-state index in [2.05, 4.69) is 70.9 Å². The molecule has 4 nitrogen and oxygen atoms in total. The van der Waals surface area contributed by atoms with Crippen LogP contribution in [0.25, 0.3) is 6.08 Å². The first-order valence-corrected chi connectivity index (χ1v) is 9.94. The zero-order valence-corrected chi connectivity index (χ0v) is 16.9. The van der Waals surface area contributed by atoms with Crippen LogP contribution in [0.2, 0.25) is 0 Å². The largest absolute Gasteiger partial charge is 0.497 e. The molecule has 0 saturated carbocycles. The third-order valence-electron chi connectivity index (χ3n) is 5.32. The Labute approximate surface area is 172 Å². The molecule has 0 fully saturated rings. The van der Waals surface area contributed by atoms with Gasteiger partial charge in [-0.2, -0.15) is 0 Å². The lowest BCUT2D eigenvalue weighted by atomic mass is 9.96. The van der Waals surface area contributed by atoms with Gasteiger partial charge in [0.15, 0.2) is 0 Å². The van der Waals surface area contributed by atoms with Crippen molar-refractivity contribution in [2.24, 2.45) is 5.73 Å². The minimum absolute atomic E-state index is 0.0423. The Morgan fingerprint density at radius 3 is 2.45 bits per heavy atom. The Morgan fingerprint density at radius 1 is 1.00 bits per heavy atom. The first-order valence-electron chi connectivity index (χ1n) is 9.94. The van der Waals surface area contributed by atoms with Crippen LogP contribution in [0.1, 0.15) is 23.6 Å². The van der Waals surface area contributed by atoms with E-state index < -0.39 is 0 Å². The van der Waals surface area contributed by atoms with Gasteiger partial charge in [0.05, 0.1) is 13.7 Å². The first-order chi connectivity index (χ1) is 14.2. The molecule has 0 aliphatic carbocycles. The molecule has 1 heterocycles. The predicted molar refractivity (Wildman–Crippen MR) is 121 cm³/mol. The highest BCUT2D eigenvalue weighted by Gasteiger charge is 2.23. The SMILES string of the molecule is COc1ccc(CNc2cccc3c2CN(c2ccccc2)C([C@H](C)N)=C3)cc1. The second kappa shape index (κ2) is 8.41. The van der Waals surface area contributed by atoms with Crippen molar-refractivity contribution in [2.75, 3.05) is 17.3 Å². The number of hydrogen-bond donors (Lipinski definition) is 2. The van der Waals surface area contributed by atoms with Crippen molar-refractivity contribution in [3.05, 3.63) is 95.2 Å². The number of ether oxygens (including phenoxy) is 1. The summed E-state index contributed by atoms with van der Waals surface area (Å²) in [6.45, 7) is 3.59. The van der Waals surface area contributed by atoms with Crippen LogP contribution >= 0.6 is 0 Å². The first kappa shape index (κ1) is 19.1. The minimum atomic E-state index is -0.0423. The predicted octanol–water partition coefficient (Wildman–Crippen LogP) is 5.02. The summed E-state index contributed by atoms with van der Waals surface area (Å²) >= 11 is 0. The molecule has 0 aromatic heterocycles. The van der Waals surface area contributed by atoms with Crippen molar-refractivity contribution in [2.45, 2.75) is 26.1 Å². The molecule has 1 atom stereocenters. The van der Waals surface area contributed by atoms with E-state index in [1.54, 1.807) is 7.11 Å². The van der Waals surface area contributed by atoms with E-state index in [1.807, 2.05) is 25.1 Å². The van der Waals surface area contributed by atoms with Crippen LogP contribution in [0.4, 0.5) is 11.4 Å². The molecule has 0 bridgehead atoms. The molecule has 148 valence electrons. The molecular weight excluding hydrogens is 358 g/mol. The van der Waals surface area contributed by atoms with E-state index in [9.17, 15) is 0 Å². The van der Waals surface area contributed by atoms with Gasteiger partial charge in [-0.1, -0.05) is 42.5 Å². The van der Waals surface area contributed by atoms with Gasteiger partial charge in [-0.3, -0.25) is 0 Å². The Bertz CT molecular complexity index is 994. The van der Waals surface area contributed by atoms with Crippen LogP contribution in [0.3, 0.4) is 0 Å². The average Bonchev–Trinajstić information content (AvgIpc) is 2.77. The van der Waals surface area contributed by atoms with E-state index >= 15 is 0 Å². The molecule has 0 unspecified atom stereocenters. The second-order valence-electron chi connectivity index (χ2n) is 7.35. The summed E-state index contributed by atoms with van der Waals surface area (Å²) in [4.78, 5) is 2.31. The molecule has 4 heteroatoms. The molecule has 3 aromatic carbocycles. The lowest BCUT2D eigenvalue weighted by molar-refractivity contribution is 0.414. The van der Waals surface area contributed by atoms with Crippen LogP contribution in [-0.4, -0.2) is 13.2 Å². The number of para-hydroxylation sites is 1. The average molecular weight is 386 g/mol. The van der Waals surface area contributed by atoms with Gasteiger partial charge in [0.25, 0.3) is 0 Å². The maximum Gasteiger partial charge on any atom is 0.118 e. The zero-order valence-electron chi connectivity index (χ0n) is 16.9. The number of nitrogens with zero attached hydrogens (tertiary/aromatic N) is 1. The lowest BCUT2D eigenvalue weighted by Gasteiger charge is -2.35. The van der Waals surface area contributed by atoms with Gasteiger partial charge in [-0.05, 0) is 54.5 Å².